The summed E-state index contributed by atoms with van der Waals surface area (Å²) >= 11 is 0. The minimum absolute atomic E-state index is 0.130. The number of nitrogens with zero attached hydrogens (tertiary/aromatic N) is 5. The first-order valence-electron chi connectivity index (χ1n) is 7.25. The topological polar surface area (TPSA) is 113 Å². The summed E-state index contributed by atoms with van der Waals surface area (Å²) in [6.07, 6.45) is 0. The Kier molecular flexibility index (Phi) is 3.92. The van der Waals surface area contributed by atoms with Crippen LogP contribution < -0.4 is 9.64 Å². The molecule has 3 heterocycles. The number of fused-ring (bicyclic) bond motifs is 3. The van der Waals surface area contributed by atoms with Crippen molar-refractivity contribution in [3.63, 3.8) is 0 Å². The van der Waals surface area contributed by atoms with Crippen LogP contribution in [-0.4, -0.2) is 53.0 Å². The molecule has 1 atom stereocenters. The number of rotatable bonds is 1. The lowest BCUT2D eigenvalue weighted by Gasteiger charge is -2.44. The summed E-state index contributed by atoms with van der Waals surface area (Å²) in [5.74, 6) is 5.55. The highest BCUT2D eigenvalue weighted by Gasteiger charge is 2.37. The molecule has 1 aromatic heterocycles. The predicted molar refractivity (Wildman–Crippen MR) is 82.3 cm³/mol. The molecule has 1 aromatic rings. The van der Waals surface area contributed by atoms with Gasteiger partial charge in [-0.2, -0.15) is 5.26 Å². The van der Waals surface area contributed by atoms with E-state index < -0.39 is 4.92 Å². The number of nitriles is 1. The number of aromatic nitrogens is 1. The van der Waals surface area contributed by atoms with Crippen molar-refractivity contribution < 1.29 is 14.5 Å². The summed E-state index contributed by atoms with van der Waals surface area (Å²) in [7, 11) is 0. The van der Waals surface area contributed by atoms with Gasteiger partial charge >= 0.3 is 5.69 Å². The first-order valence-corrected chi connectivity index (χ1v) is 7.25. The third kappa shape index (κ3) is 2.57. The Morgan fingerprint density at radius 3 is 3.00 bits per heavy atom. The predicted octanol–water partition coefficient (Wildman–Crippen LogP) is 0.294. The average molecular weight is 327 g/mol. The highest BCUT2D eigenvalue weighted by Crippen LogP contribution is 2.37. The van der Waals surface area contributed by atoms with Gasteiger partial charge in [-0.25, -0.2) is 4.98 Å². The second kappa shape index (κ2) is 6.05. The van der Waals surface area contributed by atoms with E-state index in [-0.39, 0.29) is 35.7 Å². The fourth-order valence-electron chi connectivity index (χ4n) is 2.84. The fraction of sp³-hybridized carbons (Fsp3) is 0.400. The van der Waals surface area contributed by atoms with E-state index in [1.807, 2.05) is 4.90 Å². The number of carbonyl (C=O) groups excluding carboxylic acids is 1. The minimum atomic E-state index is -0.651. The molecule has 1 amide bonds. The number of hydrogen-bond donors (Lipinski definition) is 0. The third-order valence-electron chi connectivity index (χ3n) is 3.96. The highest BCUT2D eigenvalue weighted by molar-refractivity contribution is 5.93. The molecule has 9 nitrogen and oxygen atoms in total. The van der Waals surface area contributed by atoms with Crippen LogP contribution >= 0.6 is 0 Å². The minimum Gasteiger partial charge on any atom is -0.487 e. The summed E-state index contributed by atoms with van der Waals surface area (Å²) in [6.45, 7) is 3.26. The first kappa shape index (κ1) is 15.6. The number of nitro groups is 1. The Morgan fingerprint density at radius 1 is 1.54 bits per heavy atom. The SMILES string of the molecule is CC#CC(=O)N1CCN2c3nc(C#N)c([N+](=O)[O-])cc3OC[C@@H]2C1. The average Bonchev–Trinajstić information content (AvgIpc) is 2.59. The summed E-state index contributed by atoms with van der Waals surface area (Å²) in [5, 5.41) is 20.1. The van der Waals surface area contributed by atoms with Crippen molar-refractivity contribution >= 4 is 17.4 Å². The van der Waals surface area contributed by atoms with Gasteiger partial charge in [0.25, 0.3) is 5.91 Å². The largest absolute Gasteiger partial charge is 0.487 e. The molecule has 0 N–H and O–H groups in total. The van der Waals surface area contributed by atoms with Crippen LogP contribution in [0, 0.1) is 33.3 Å². The standard InChI is InChI=1S/C15H13N5O4/c1-2-3-14(21)18-4-5-19-10(8-18)9-24-13-6-12(20(22)23)11(7-16)17-15(13)19/h6,10H,4-5,8-9H2,1H3/t10-/m0/s1. The molecule has 1 fully saturated rings. The molecule has 0 aromatic carbocycles. The number of anilines is 1. The van der Waals surface area contributed by atoms with Crippen molar-refractivity contribution in [1.82, 2.24) is 9.88 Å². The Morgan fingerprint density at radius 2 is 2.33 bits per heavy atom. The summed E-state index contributed by atoms with van der Waals surface area (Å²) in [4.78, 5) is 29.9. The van der Waals surface area contributed by atoms with E-state index in [9.17, 15) is 14.9 Å². The number of pyridine rings is 1. The van der Waals surface area contributed by atoms with Crippen molar-refractivity contribution in [2.75, 3.05) is 31.1 Å². The van der Waals surface area contributed by atoms with E-state index >= 15 is 0 Å². The van der Waals surface area contributed by atoms with E-state index in [0.717, 1.165) is 0 Å². The van der Waals surface area contributed by atoms with E-state index in [1.54, 1.807) is 17.9 Å². The Labute approximate surface area is 137 Å². The molecule has 0 unspecified atom stereocenters. The molecular formula is C15H13N5O4. The molecule has 9 heteroatoms. The molecule has 0 aliphatic carbocycles. The van der Waals surface area contributed by atoms with E-state index in [2.05, 4.69) is 16.8 Å². The molecule has 1 saturated heterocycles. The molecule has 0 bridgehead atoms. The normalized spacial score (nSPS) is 18.2. The molecule has 3 rings (SSSR count). The Hall–Kier alpha value is -3.33. The zero-order valence-corrected chi connectivity index (χ0v) is 12.9. The van der Waals surface area contributed by atoms with E-state index in [4.69, 9.17) is 10.00 Å². The zero-order chi connectivity index (χ0) is 17.3. The van der Waals surface area contributed by atoms with Crippen LogP contribution in [0.3, 0.4) is 0 Å². The van der Waals surface area contributed by atoms with E-state index in [1.165, 1.54) is 6.07 Å². The van der Waals surface area contributed by atoms with Gasteiger partial charge in [0.15, 0.2) is 11.6 Å². The molecule has 0 radical (unpaired) electrons. The van der Waals surface area contributed by atoms with Crippen molar-refractivity contribution in [1.29, 1.82) is 5.26 Å². The van der Waals surface area contributed by atoms with Crippen molar-refractivity contribution in [2.24, 2.45) is 0 Å². The maximum atomic E-state index is 11.9. The monoisotopic (exact) mass is 327 g/mol. The van der Waals surface area contributed by atoms with Gasteiger partial charge in [-0.05, 0) is 12.8 Å². The van der Waals surface area contributed by atoms with Crippen molar-refractivity contribution in [3.05, 3.63) is 21.9 Å². The van der Waals surface area contributed by atoms with Gasteiger partial charge in [-0.1, -0.05) is 5.92 Å². The number of ether oxygens (including phenoxy) is 1. The van der Waals surface area contributed by atoms with Gasteiger partial charge in [0.2, 0.25) is 5.69 Å². The zero-order valence-electron chi connectivity index (χ0n) is 12.9. The summed E-state index contributed by atoms with van der Waals surface area (Å²) in [5.41, 5.74) is -0.625. The van der Waals surface area contributed by atoms with Gasteiger partial charge in [0, 0.05) is 19.6 Å². The first-order chi connectivity index (χ1) is 11.5. The van der Waals surface area contributed by atoms with Gasteiger partial charge in [-0.3, -0.25) is 14.9 Å². The molecular weight excluding hydrogens is 314 g/mol. The number of piperazine rings is 1. The van der Waals surface area contributed by atoms with Gasteiger partial charge in [-0.15, -0.1) is 0 Å². The quantitative estimate of drug-likeness (QED) is 0.414. The lowest BCUT2D eigenvalue weighted by molar-refractivity contribution is -0.385. The molecule has 0 saturated carbocycles. The lowest BCUT2D eigenvalue weighted by Crippen LogP contribution is -2.58. The fourth-order valence-corrected chi connectivity index (χ4v) is 2.84. The van der Waals surface area contributed by atoms with Crippen LogP contribution in [0.1, 0.15) is 12.6 Å². The molecule has 24 heavy (non-hydrogen) atoms. The molecule has 2 aliphatic heterocycles. The molecule has 0 spiro atoms. The Bertz CT molecular complexity index is 820. The Balaban J connectivity index is 1.90. The maximum Gasteiger partial charge on any atom is 0.309 e. The maximum absolute atomic E-state index is 11.9. The van der Waals surface area contributed by atoms with Gasteiger partial charge in [0.1, 0.15) is 12.7 Å². The van der Waals surface area contributed by atoms with Crippen molar-refractivity contribution in [2.45, 2.75) is 13.0 Å². The van der Waals surface area contributed by atoms with Crippen LogP contribution in [0.5, 0.6) is 5.75 Å². The second-order valence-electron chi connectivity index (χ2n) is 5.33. The molecule has 2 aliphatic rings. The number of hydrogen-bond acceptors (Lipinski definition) is 7. The number of amides is 1. The van der Waals surface area contributed by atoms with Crippen LogP contribution in [-0.2, 0) is 4.79 Å². The van der Waals surface area contributed by atoms with Crippen LogP contribution in [0.4, 0.5) is 11.5 Å². The summed E-state index contributed by atoms with van der Waals surface area (Å²) < 4.78 is 5.58. The number of carbonyl (C=O) groups is 1. The smallest absolute Gasteiger partial charge is 0.309 e. The van der Waals surface area contributed by atoms with Crippen LogP contribution in [0.15, 0.2) is 6.07 Å². The highest BCUT2D eigenvalue weighted by atomic mass is 16.6. The van der Waals surface area contributed by atoms with Gasteiger partial charge in [0.05, 0.1) is 17.0 Å². The third-order valence-corrected chi connectivity index (χ3v) is 3.96. The van der Waals surface area contributed by atoms with E-state index in [0.29, 0.717) is 25.5 Å². The molecule has 122 valence electrons. The van der Waals surface area contributed by atoms with Crippen molar-refractivity contribution in [3.8, 4) is 23.7 Å². The summed E-state index contributed by atoms with van der Waals surface area (Å²) in [6, 6.07) is 2.85. The lowest BCUT2D eigenvalue weighted by atomic mass is 10.1. The van der Waals surface area contributed by atoms with Gasteiger partial charge < -0.3 is 14.5 Å². The van der Waals surface area contributed by atoms with Crippen LogP contribution in [0.25, 0.3) is 0 Å². The second-order valence-corrected chi connectivity index (χ2v) is 5.33. The van der Waals surface area contributed by atoms with Crippen LogP contribution in [0.2, 0.25) is 0 Å².